The van der Waals surface area contributed by atoms with Crippen LogP contribution >= 0.6 is 0 Å². The second-order valence-electron chi connectivity index (χ2n) is 5.08. The number of rotatable bonds is 4. The lowest BCUT2D eigenvalue weighted by atomic mass is 10.2. The fourth-order valence-corrected chi connectivity index (χ4v) is 1.90. The van der Waals surface area contributed by atoms with E-state index in [0.717, 1.165) is 12.0 Å². The van der Waals surface area contributed by atoms with Crippen LogP contribution < -0.4 is 10.2 Å². The SMILES string of the molecule is Cc1ccc(N(CC(=O)O)C(=O)NC2CC2C)cc1. The molecule has 0 aliphatic heterocycles. The van der Waals surface area contributed by atoms with Crippen LogP contribution in [-0.4, -0.2) is 29.7 Å². The Morgan fingerprint density at radius 2 is 1.95 bits per heavy atom. The summed E-state index contributed by atoms with van der Waals surface area (Å²) in [5.74, 6) is -0.548. The van der Waals surface area contributed by atoms with Gasteiger partial charge in [0.25, 0.3) is 0 Å². The second-order valence-corrected chi connectivity index (χ2v) is 5.08. The van der Waals surface area contributed by atoms with Gasteiger partial charge in [0, 0.05) is 11.7 Å². The molecule has 1 fully saturated rings. The van der Waals surface area contributed by atoms with Crippen molar-refractivity contribution in [2.45, 2.75) is 26.3 Å². The van der Waals surface area contributed by atoms with Gasteiger partial charge in [-0.1, -0.05) is 24.6 Å². The lowest BCUT2D eigenvalue weighted by Crippen LogP contribution is -2.44. The summed E-state index contributed by atoms with van der Waals surface area (Å²) in [5.41, 5.74) is 1.66. The van der Waals surface area contributed by atoms with E-state index >= 15 is 0 Å². The Bertz CT molecular complexity index is 484. The third-order valence-corrected chi connectivity index (χ3v) is 3.30. The van der Waals surface area contributed by atoms with E-state index in [0.29, 0.717) is 11.6 Å². The van der Waals surface area contributed by atoms with Crippen LogP contribution in [0.1, 0.15) is 18.9 Å². The molecule has 2 atom stereocenters. The van der Waals surface area contributed by atoms with Crippen LogP contribution in [0, 0.1) is 12.8 Å². The molecule has 0 saturated heterocycles. The Balaban J connectivity index is 2.12. The van der Waals surface area contributed by atoms with Gasteiger partial charge in [-0.3, -0.25) is 9.69 Å². The molecule has 2 N–H and O–H groups in total. The molecule has 1 aliphatic rings. The topological polar surface area (TPSA) is 69.6 Å². The Kier molecular flexibility index (Phi) is 3.74. The monoisotopic (exact) mass is 262 g/mol. The van der Waals surface area contributed by atoms with Crippen molar-refractivity contribution < 1.29 is 14.7 Å². The third kappa shape index (κ3) is 3.47. The van der Waals surface area contributed by atoms with Crippen molar-refractivity contribution >= 4 is 17.7 Å². The van der Waals surface area contributed by atoms with Crippen molar-refractivity contribution in [3.8, 4) is 0 Å². The first-order chi connectivity index (χ1) is 8.97. The van der Waals surface area contributed by atoms with E-state index in [2.05, 4.69) is 12.2 Å². The van der Waals surface area contributed by atoms with Gasteiger partial charge in [-0.25, -0.2) is 4.79 Å². The number of urea groups is 1. The van der Waals surface area contributed by atoms with Crippen LogP contribution in [0.3, 0.4) is 0 Å². The van der Waals surface area contributed by atoms with E-state index in [4.69, 9.17) is 5.11 Å². The van der Waals surface area contributed by atoms with Crippen LogP contribution in [-0.2, 0) is 4.79 Å². The van der Waals surface area contributed by atoms with E-state index in [1.807, 2.05) is 19.1 Å². The fraction of sp³-hybridized carbons (Fsp3) is 0.429. The molecule has 0 heterocycles. The van der Waals surface area contributed by atoms with Crippen molar-refractivity contribution in [2.24, 2.45) is 5.92 Å². The lowest BCUT2D eigenvalue weighted by Gasteiger charge is -2.21. The maximum Gasteiger partial charge on any atom is 0.323 e. The van der Waals surface area contributed by atoms with Crippen LogP contribution in [0.4, 0.5) is 10.5 Å². The minimum atomic E-state index is -1.03. The smallest absolute Gasteiger partial charge is 0.323 e. The molecule has 0 spiro atoms. The van der Waals surface area contributed by atoms with Gasteiger partial charge in [0.05, 0.1) is 0 Å². The van der Waals surface area contributed by atoms with E-state index in [9.17, 15) is 9.59 Å². The number of aryl methyl sites for hydroxylation is 1. The molecule has 5 heteroatoms. The molecule has 2 amide bonds. The van der Waals surface area contributed by atoms with E-state index in [1.165, 1.54) is 4.90 Å². The summed E-state index contributed by atoms with van der Waals surface area (Å²) in [6.45, 7) is 3.66. The van der Waals surface area contributed by atoms with Gasteiger partial charge in [0.15, 0.2) is 0 Å². The molecule has 1 aliphatic carbocycles. The largest absolute Gasteiger partial charge is 0.480 e. The molecular formula is C14H18N2O3. The number of carbonyl (C=O) groups is 2. The van der Waals surface area contributed by atoms with E-state index in [-0.39, 0.29) is 18.6 Å². The van der Waals surface area contributed by atoms with Crippen LogP contribution in [0.2, 0.25) is 0 Å². The zero-order valence-electron chi connectivity index (χ0n) is 11.1. The van der Waals surface area contributed by atoms with Crippen molar-refractivity contribution in [1.29, 1.82) is 0 Å². The highest BCUT2D eigenvalue weighted by Gasteiger charge is 2.35. The summed E-state index contributed by atoms with van der Waals surface area (Å²) < 4.78 is 0. The first kappa shape index (κ1) is 13.4. The highest BCUT2D eigenvalue weighted by Crippen LogP contribution is 2.29. The normalized spacial score (nSPS) is 20.7. The van der Waals surface area contributed by atoms with Gasteiger partial charge in [-0.15, -0.1) is 0 Å². The third-order valence-electron chi connectivity index (χ3n) is 3.30. The molecular weight excluding hydrogens is 244 g/mol. The molecule has 0 aromatic heterocycles. The van der Waals surface area contributed by atoms with Gasteiger partial charge < -0.3 is 10.4 Å². The first-order valence-electron chi connectivity index (χ1n) is 6.34. The van der Waals surface area contributed by atoms with Crippen molar-refractivity contribution in [2.75, 3.05) is 11.4 Å². The molecule has 1 saturated carbocycles. The number of hydrogen-bond acceptors (Lipinski definition) is 2. The maximum atomic E-state index is 12.1. The summed E-state index contributed by atoms with van der Waals surface area (Å²) in [5, 5.41) is 11.8. The second kappa shape index (κ2) is 5.30. The fourth-order valence-electron chi connectivity index (χ4n) is 1.90. The average molecular weight is 262 g/mol. The maximum absolute atomic E-state index is 12.1. The number of aliphatic carboxylic acids is 1. The lowest BCUT2D eigenvalue weighted by molar-refractivity contribution is -0.135. The quantitative estimate of drug-likeness (QED) is 0.872. The predicted molar refractivity (Wildman–Crippen MR) is 72.3 cm³/mol. The Morgan fingerprint density at radius 1 is 1.37 bits per heavy atom. The highest BCUT2D eigenvalue weighted by molar-refractivity contribution is 5.96. The van der Waals surface area contributed by atoms with Crippen molar-refractivity contribution in [3.05, 3.63) is 29.8 Å². The van der Waals surface area contributed by atoms with Crippen molar-refractivity contribution in [3.63, 3.8) is 0 Å². The summed E-state index contributed by atoms with van der Waals surface area (Å²) in [7, 11) is 0. The number of nitrogens with one attached hydrogen (secondary N) is 1. The Labute approximate surface area is 112 Å². The minimum absolute atomic E-state index is 0.175. The summed E-state index contributed by atoms with van der Waals surface area (Å²) in [6, 6.07) is 7.06. The number of nitrogens with zero attached hydrogens (tertiary/aromatic N) is 1. The van der Waals surface area contributed by atoms with Gasteiger partial charge in [-0.2, -0.15) is 0 Å². The number of benzene rings is 1. The molecule has 2 rings (SSSR count). The molecule has 1 aromatic rings. The standard InChI is InChI=1S/C14H18N2O3/c1-9-3-5-11(6-4-9)16(8-13(17)18)14(19)15-12-7-10(12)2/h3-6,10,12H,7-8H2,1-2H3,(H,15,19)(H,17,18). The van der Waals surface area contributed by atoms with Gasteiger partial charge in [0.1, 0.15) is 6.54 Å². The number of carboxylic acid groups (broad SMARTS) is 1. The zero-order chi connectivity index (χ0) is 14.0. The minimum Gasteiger partial charge on any atom is -0.480 e. The summed E-state index contributed by atoms with van der Waals surface area (Å²) in [6.07, 6.45) is 0.959. The molecule has 2 unspecified atom stereocenters. The molecule has 19 heavy (non-hydrogen) atoms. The molecule has 1 aromatic carbocycles. The Morgan fingerprint density at radius 3 is 2.42 bits per heavy atom. The van der Waals surface area contributed by atoms with Crippen LogP contribution in [0.15, 0.2) is 24.3 Å². The predicted octanol–water partition coefficient (Wildman–Crippen LogP) is 2.00. The molecule has 0 bridgehead atoms. The molecule has 5 nitrogen and oxygen atoms in total. The van der Waals surface area contributed by atoms with Gasteiger partial charge in [-0.05, 0) is 31.4 Å². The summed E-state index contributed by atoms with van der Waals surface area (Å²) in [4.78, 5) is 24.3. The number of anilines is 1. The number of carboxylic acids is 1. The zero-order valence-corrected chi connectivity index (χ0v) is 11.1. The number of carbonyl (C=O) groups excluding carboxylic acids is 1. The average Bonchev–Trinajstić information content (AvgIpc) is 3.03. The van der Waals surface area contributed by atoms with Crippen LogP contribution in [0.5, 0.6) is 0 Å². The molecule has 0 radical (unpaired) electrons. The molecule has 102 valence electrons. The number of hydrogen-bond donors (Lipinski definition) is 2. The van der Waals surface area contributed by atoms with E-state index < -0.39 is 5.97 Å². The van der Waals surface area contributed by atoms with Crippen molar-refractivity contribution in [1.82, 2.24) is 5.32 Å². The van der Waals surface area contributed by atoms with Gasteiger partial charge in [0.2, 0.25) is 0 Å². The van der Waals surface area contributed by atoms with Gasteiger partial charge >= 0.3 is 12.0 Å². The Hall–Kier alpha value is -2.04. The number of amides is 2. The van der Waals surface area contributed by atoms with Crippen LogP contribution in [0.25, 0.3) is 0 Å². The van der Waals surface area contributed by atoms with E-state index in [1.54, 1.807) is 12.1 Å². The highest BCUT2D eigenvalue weighted by atomic mass is 16.4. The summed E-state index contributed by atoms with van der Waals surface area (Å²) >= 11 is 0. The first-order valence-corrected chi connectivity index (χ1v) is 6.34.